The molecule has 1 aromatic carbocycles. The van der Waals surface area contributed by atoms with E-state index in [-0.39, 0.29) is 23.2 Å². The van der Waals surface area contributed by atoms with Gasteiger partial charge in [-0.15, -0.1) is 0 Å². The van der Waals surface area contributed by atoms with Gasteiger partial charge in [0.15, 0.2) is 0 Å². The maximum Gasteiger partial charge on any atom is 0.314 e. The maximum atomic E-state index is 12.7. The summed E-state index contributed by atoms with van der Waals surface area (Å²) < 4.78 is 27.1. The Hall–Kier alpha value is -1.60. The summed E-state index contributed by atoms with van der Waals surface area (Å²) in [6, 6.07) is 9.68. The van der Waals surface area contributed by atoms with Gasteiger partial charge in [-0.05, 0) is 24.8 Å². The highest BCUT2D eigenvalue weighted by Gasteiger charge is 2.50. The number of hydrogen-bond donors (Lipinski definition) is 2. The van der Waals surface area contributed by atoms with Crippen molar-refractivity contribution in [1.29, 1.82) is 0 Å². The van der Waals surface area contributed by atoms with E-state index in [1.165, 1.54) is 0 Å². The molecule has 6 nitrogen and oxygen atoms in total. The molecule has 0 aromatic heterocycles. The second-order valence-electron chi connectivity index (χ2n) is 6.23. The molecular formula is C16H23N3O3S. The van der Waals surface area contributed by atoms with Gasteiger partial charge < -0.3 is 10.6 Å². The normalized spacial score (nSPS) is 25.8. The molecule has 23 heavy (non-hydrogen) atoms. The van der Waals surface area contributed by atoms with Gasteiger partial charge in [-0.2, -0.15) is 0 Å². The molecule has 2 aliphatic rings. The fourth-order valence-electron chi connectivity index (χ4n) is 3.26. The first-order valence-corrected chi connectivity index (χ1v) is 9.55. The van der Waals surface area contributed by atoms with E-state index in [9.17, 15) is 13.2 Å². The molecular weight excluding hydrogens is 314 g/mol. The molecule has 2 atom stereocenters. The van der Waals surface area contributed by atoms with E-state index in [2.05, 4.69) is 10.6 Å². The SMILES string of the molecule is CNC(=O)NC1CCN(S(=O)(=O)[C@@H]2C[C@H]2c2ccccc2)CC1. The van der Waals surface area contributed by atoms with E-state index < -0.39 is 10.0 Å². The zero-order valence-electron chi connectivity index (χ0n) is 13.2. The van der Waals surface area contributed by atoms with Crippen molar-refractivity contribution in [2.75, 3.05) is 20.1 Å². The number of amides is 2. The lowest BCUT2D eigenvalue weighted by atomic mass is 10.1. The summed E-state index contributed by atoms with van der Waals surface area (Å²) in [7, 11) is -1.66. The molecule has 1 saturated carbocycles. The highest BCUT2D eigenvalue weighted by atomic mass is 32.2. The molecule has 0 bridgehead atoms. The van der Waals surface area contributed by atoms with Gasteiger partial charge in [-0.1, -0.05) is 30.3 Å². The second kappa shape index (κ2) is 6.49. The van der Waals surface area contributed by atoms with Crippen LogP contribution in [0.5, 0.6) is 0 Å². The van der Waals surface area contributed by atoms with Crippen molar-refractivity contribution in [3.63, 3.8) is 0 Å². The van der Waals surface area contributed by atoms with Crippen molar-refractivity contribution in [1.82, 2.24) is 14.9 Å². The number of piperidine rings is 1. The van der Waals surface area contributed by atoms with Gasteiger partial charge in [0.25, 0.3) is 0 Å². The molecule has 1 saturated heterocycles. The van der Waals surface area contributed by atoms with Crippen molar-refractivity contribution < 1.29 is 13.2 Å². The monoisotopic (exact) mass is 337 g/mol. The lowest BCUT2D eigenvalue weighted by Crippen LogP contribution is -2.49. The van der Waals surface area contributed by atoms with Gasteiger partial charge in [0.05, 0.1) is 5.25 Å². The molecule has 2 fully saturated rings. The standard InChI is InChI=1S/C16H23N3O3S/c1-17-16(20)18-13-7-9-19(10-8-13)23(21,22)15-11-14(15)12-5-3-2-4-6-12/h2-6,13-15H,7-11H2,1H3,(H2,17,18,20)/t14-,15+/m0/s1. The fourth-order valence-corrected chi connectivity index (χ4v) is 5.38. The minimum atomic E-state index is -3.24. The summed E-state index contributed by atoms with van der Waals surface area (Å²) in [5.74, 6) is 0.128. The maximum absolute atomic E-state index is 12.7. The molecule has 7 heteroatoms. The molecule has 2 N–H and O–H groups in total. The number of rotatable bonds is 4. The Balaban J connectivity index is 1.57. The lowest BCUT2D eigenvalue weighted by molar-refractivity contribution is 0.229. The Morgan fingerprint density at radius 1 is 1.17 bits per heavy atom. The van der Waals surface area contributed by atoms with E-state index in [0.717, 1.165) is 5.56 Å². The summed E-state index contributed by atoms with van der Waals surface area (Å²) in [6.07, 6.45) is 2.04. The largest absolute Gasteiger partial charge is 0.341 e. The Morgan fingerprint density at radius 2 is 1.83 bits per heavy atom. The van der Waals surface area contributed by atoms with Crippen molar-refractivity contribution in [3.8, 4) is 0 Å². The van der Waals surface area contributed by atoms with Gasteiger partial charge >= 0.3 is 6.03 Å². The first kappa shape index (κ1) is 16.3. The minimum absolute atomic E-state index is 0.0468. The van der Waals surface area contributed by atoms with Crippen LogP contribution in [0.4, 0.5) is 4.79 Å². The molecule has 3 rings (SSSR count). The molecule has 2 amide bonds. The molecule has 0 unspecified atom stereocenters. The summed E-state index contributed by atoms with van der Waals surface area (Å²) >= 11 is 0. The summed E-state index contributed by atoms with van der Waals surface area (Å²) in [4.78, 5) is 11.3. The average molecular weight is 337 g/mol. The topological polar surface area (TPSA) is 78.5 Å². The number of nitrogens with zero attached hydrogens (tertiary/aromatic N) is 1. The number of urea groups is 1. The summed E-state index contributed by atoms with van der Waals surface area (Å²) in [6.45, 7) is 0.962. The number of hydrogen-bond acceptors (Lipinski definition) is 3. The fraction of sp³-hybridized carbons (Fsp3) is 0.562. The van der Waals surface area contributed by atoms with Gasteiger partial charge in [-0.3, -0.25) is 0 Å². The smallest absolute Gasteiger partial charge is 0.314 e. The molecule has 0 spiro atoms. The number of sulfonamides is 1. The molecule has 126 valence electrons. The van der Waals surface area contributed by atoms with Gasteiger partial charge in [0.2, 0.25) is 10.0 Å². The number of carbonyl (C=O) groups excluding carboxylic acids is 1. The van der Waals surface area contributed by atoms with Crippen LogP contribution in [0.15, 0.2) is 30.3 Å². The van der Waals surface area contributed by atoms with Crippen molar-refractivity contribution in [3.05, 3.63) is 35.9 Å². The van der Waals surface area contributed by atoms with Crippen LogP contribution in [0.2, 0.25) is 0 Å². The number of nitrogens with one attached hydrogen (secondary N) is 2. The zero-order valence-corrected chi connectivity index (χ0v) is 14.1. The highest BCUT2D eigenvalue weighted by molar-refractivity contribution is 7.90. The van der Waals surface area contributed by atoms with E-state index in [1.54, 1.807) is 11.4 Å². The highest BCUT2D eigenvalue weighted by Crippen LogP contribution is 2.47. The van der Waals surface area contributed by atoms with Crippen LogP contribution in [0, 0.1) is 0 Å². The Morgan fingerprint density at radius 3 is 2.43 bits per heavy atom. The second-order valence-corrected chi connectivity index (χ2v) is 8.38. The van der Waals surface area contributed by atoms with E-state index in [0.29, 0.717) is 32.4 Å². The van der Waals surface area contributed by atoms with Crippen LogP contribution in [0.3, 0.4) is 0 Å². The van der Waals surface area contributed by atoms with Crippen LogP contribution >= 0.6 is 0 Å². The Bertz CT molecular complexity index is 654. The van der Waals surface area contributed by atoms with Crippen LogP contribution < -0.4 is 10.6 Å². The van der Waals surface area contributed by atoms with E-state index in [4.69, 9.17) is 0 Å². The average Bonchev–Trinajstić information content (AvgIpc) is 3.37. The lowest BCUT2D eigenvalue weighted by Gasteiger charge is -2.31. The number of benzene rings is 1. The van der Waals surface area contributed by atoms with Gasteiger partial charge in [-0.25, -0.2) is 17.5 Å². The minimum Gasteiger partial charge on any atom is -0.341 e. The van der Waals surface area contributed by atoms with Gasteiger partial charge in [0, 0.05) is 32.1 Å². The van der Waals surface area contributed by atoms with Crippen molar-refractivity contribution in [2.45, 2.75) is 36.5 Å². The molecule has 1 aromatic rings. The van der Waals surface area contributed by atoms with Crippen LogP contribution in [0.1, 0.15) is 30.7 Å². The first-order chi connectivity index (χ1) is 11.0. The summed E-state index contributed by atoms with van der Waals surface area (Å²) in [5, 5.41) is 5.09. The van der Waals surface area contributed by atoms with Gasteiger partial charge in [0.1, 0.15) is 0 Å². The van der Waals surface area contributed by atoms with Crippen molar-refractivity contribution in [2.24, 2.45) is 0 Å². The third kappa shape index (κ3) is 3.50. The third-order valence-corrected chi connectivity index (χ3v) is 7.09. The predicted molar refractivity (Wildman–Crippen MR) is 88.7 cm³/mol. The summed E-state index contributed by atoms with van der Waals surface area (Å²) in [5.41, 5.74) is 1.11. The first-order valence-electron chi connectivity index (χ1n) is 8.04. The predicted octanol–water partition coefficient (Wildman–Crippen LogP) is 1.27. The van der Waals surface area contributed by atoms with Crippen LogP contribution in [0.25, 0.3) is 0 Å². The molecule has 0 radical (unpaired) electrons. The third-order valence-electron chi connectivity index (χ3n) is 4.72. The molecule has 1 aliphatic heterocycles. The number of carbonyl (C=O) groups is 1. The van der Waals surface area contributed by atoms with Crippen molar-refractivity contribution >= 4 is 16.1 Å². The zero-order chi connectivity index (χ0) is 16.4. The Labute approximate surface area is 137 Å². The Kier molecular flexibility index (Phi) is 4.59. The quantitative estimate of drug-likeness (QED) is 0.868. The molecule has 1 aliphatic carbocycles. The van der Waals surface area contributed by atoms with Crippen LogP contribution in [-0.2, 0) is 10.0 Å². The van der Waals surface area contributed by atoms with E-state index in [1.807, 2.05) is 30.3 Å². The van der Waals surface area contributed by atoms with Crippen LogP contribution in [-0.4, -0.2) is 50.2 Å². The molecule has 1 heterocycles. The van der Waals surface area contributed by atoms with E-state index >= 15 is 0 Å².